The van der Waals surface area contributed by atoms with Crippen LogP contribution in [-0.4, -0.2) is 86.4 Å². The van der Waals surface area contributed by atoms with Crippen LogP contribution in [0.3, 0.4) is 0 Å². The van der Waals surface area contributed by atoms with Crippen molar-refractivity contribution in [2.24, 2.45) is 11.5 Å². The number of amides is 4. The van der Waals surface area contributed by atoms with E-state index < -0.39 is 59.7 Å². The van der Waals surface area contributed by atoms with E-state index >= 15 is 0 Å². The third-order valence-electron chi connectivity index (χ3n) is 5.72. The maximum absolute atomic E-state index is 13.5. The van der Waals surface area contributed by atoms with Gasteiger partial charge in [0, 0.05) is 12.2 Å². The number of nitrogens with zero attached hydrogens (tertiary/aromatic N) is 3. The lowest BCUT2D eigenvalue weighted by Gasteiger charge is -2.43. The Kier molecular flexibility index (Phi) is 8.66. The zero-order chi connectivity index (χ0) is 26.5. The quantitative estimate of drug-likeness (QED) is 0.219. The number of carboxylic acid groups (broad SMARTS) is 2. The van der Waals surface area contributed by atoms with Gasteiger partial charge in [-0.2, -0.15) is 0 Å². The number of imide groups is 1. The second-order valence-electron chi connectivity index (χ2n) is 7.94. The first-order chi connectivity index (χ1) is 16.5. The molecule has 1 aromatic carbocycles. The minimum Gasteiger partial charge on any atom is -0.481 e. The molecule has 13 heteroatoms. The highest BCUT2D eigenvalue weighted by molar-refractivity contribution is 6.23. The van der Waals surface area contributed by atoms with Gasteiger partial charge in [0.1, 0.15) is 6.04 Å². The summed E-state index contributed by atoms with van der Waals surface area (Å²) in [6, 6.07) is 3.00. The molecule has 2 rings (SSSR count). The molecule has 1 aromatic rings. The van der Waals surface area contributed by atoms with E-state index in [4.69, 9.17) is 16.6 Å². The minimum atomic E-state index is -3.16. The van der Waals surface area contributed by atoms with E-state index in [9.17, 15) is 33.9 Å². The predicted octanol–water partition coefficient (Wildman–Crippen LogP) is -0.417. The number of rotatable bonds is 12. The molecule has 1 heterocycles. The molecule has 0 aliphatic carbocycles. The number of benzene rings is 1. The van der Waals surface area contributed by atoms with Crippen molar-refractivity contribution in [1.82, 2.24) is 9.80 Å². The third kappa shape index (κ3) is 4.86. The van der Waals surface area contributed by atoms with Crippen molar-refractivity contribution < 1.29 is 39.0 Å². The molecule has 0 bridgehead atoms. The van der Waals surface area contributed by atoms with Gasteiger partial charge in [-0.15, -0.1) is 0 Å². The Morgan fingerprint density at radius 2 is 1.74 bits per heavy atom. The van der Waals surface area contributed by atoms with Gasteiger partial charge in [0.15, 0.2) is 5.78 Å². The maximum Gasteiger partial charge on any atom is 0.360 e. The van der Waals surface area contributed by atoms with Gasteiger partial charge in [0.05, 0.1) is 12.5 Å². The standard InChI is InChI=1S/C22H29N5O8/c1-3-25-16(10-7-11-23)19(32)27(21(25)35)22(13(2)28,20(33)34)26(14-8-5-4-6-9-14)18(31)15(24)12-17(29)30/h4-6,8-9,15-16H,3,7,10-12,23-24H2,1-2H3,(H,29,30)(H,33,34)/t15-,16-,22+/m0/s1. The number of para-hydroxylation sites is 1. The Hall–Kier alpha value is -3.84. The normalized spacial score (nSPS) is 18.2. The van der Waals surface area contributed by atoms with Crippen molar-refractivity contribution in [2.75, 3.05) is 18.0 Å². The Morgan fingerprint density at radius 1 is 1.14 bits per heavy atom. The number of likely N-dealkylation sites (N-methyl/N-ethyl adjacent to an activating group) is 1. The van der Waals surface area contributed by atoms with E-state index in [-0.39, 0.29) is 30.1 Å². The van der Waals surface area contributed by atoms with Gasteiger partial charge in [-0.25, -0.2) is 14.5 Å². The fourth-order valence-corrected chi connectivity index (χ4v) is 4.13. The van der Waals surface area contributed by atoms with Crippen molar-refractivity contribution in [1.29, 1.82) is 0 Å². The number of hydrogen-bond donors (Lipinski definition) is 4. The van der Waals surface area contributed by atoms with E-state index in [1.54, 1.807) is 13.0 Å². The topological polar surface area (TPSA) is 205 Å². The zero-order valence-electron chi connectivity index (χ0n) is 19.4. The van der Waals surface area contributed by atoms with Crippen LogP contribution in [0.1, 0.15) is 33.1 Å². The Bertz CT molecular complexity index is 1000. The second-order valence-corrected chi connectivity index (χ2v) is 7.94. The lowest BCUT2D eigenvalue weighted by atomic mass is 9.97. The fraction of sp³-hybridized carbons (Fsp3) is 0.455. The van der Waals surface area contributed by atoms with Gasteiger partial charge >= 0.3 is 18.0 Å². The molecule has 0 aromatic heterocycles. The average Bonchev–Trinajstić information content (AvgIpc) is 3.03. The number of hydrogen-bond acceptors (Lipinski definition) is 8. The number of urea groups is 1. The predicted molar refractivity (Wildman–Crippen MR) is 122 cm³/mol. The summed E-state index contributed by atoms with van der Waals surface area (Å²) >= 11 is 0. The van der Waals surface area contributed by atoms with Crippen LogP contribution in [-0.2, 0) is 24.0 Å². The molecule has 1 aliphatic heterocycles. The molecule has 1 saturated heterocycles. The summed E-state index contributed by atoms with van der Waals surface area (Å²) in [7, 11) is 0. The van der Waals surface area contributed by atoms with Crippen LogP contribution in [0.5, 0.6) is 0 Å². The van der Waals surface area contributed by atoms with Crippen LogP contribution in [0.4, 0.5) is 10.5 Å². The van der Waals surface area contributed by atoms with E-state index in [0.717, 1.165) is 11.8 Å². The molecule has 0 radical (unpaired) electrons. The molecule has 190 valence electrons. The molecule has 3 atom stereocenters. The van der Waals surface area contributed by atoms with Crippen molar-refractivity contribution in [3.63, 3.8) is 0 Å². The summed E-state index contributed by atoms with van der Waals surface area (Å²) in [6.45, 7) is 2.61. The first-order valence-corrected chi connectivity index (χ1v) is 10.9. The SMILES string of the molecule is CCN1C(=O)N([C@](C(C)=O)(C(=O)O)N(C(=O)[C@@H](N)CC(=O)O)c2ccccc2)C(=O)[C@@H]1CCCN. The first-order valence-electron chi connectivity index (χ1n) is 10.9. The number of Topliss-reactive ketones (excluding diaryl/α,β-unsaturated/α-hetero) is 1. The van der Waals surface area contributed by atoms with Crippen molar-refractivity contribution in [3.8, 4) is 0 Å². The van der Waals surface area contributed by atoms with Gasteiger partial charge in [0.25, 0.3) is 11.6 Å². The minimum absolute atomic E-state index is 0.0156. The lowest BCUT2D eigenvalue weighted by molar-refractivity contribution is -0.161. The van der Waals surface area contributed by atoms with Crippen LogP contribution in [0.25, 0.3) is 0 Å². The van der Waals surface area contributed by atoms with Gasteiger partial charge in [-0.05, 0) is 45.4 Å². The molecule has 13 nitrogen and oxygen atoms in total. The molecule has 4 amide bonds. The van der Waals surface area contributed by atoms with Crippen LogP contribution >= 0.6 is 0 Å². The maximum atomic E-state index is 13.5. The van der Waals surface area contributed by atoms with Crippen LogP contribution < -0.4 is 16.4 Å². The number of nitrogens with two attached hydrogens (primary N) is 2. The van der Waals surface area contributed by atoms with E-state index in [1.807, 2.05) is 0 Å². The third-order valence-corrected chi connectivity index (χ3v) is 5.72. The number of carboxylic acids is 2. The smallest absolute Gasteiger partial charge is 0.360 e. The highest BCUT2D eigenvalue weighted by Gasteiger charge is 2.65. The van der Waals surface area contributed by atoms with Gasteiger partial charge in [-0.3, -0.25) is 24.1 Å². The molecule has 0 spiro atoms. The largest absolute Gasteiger partial charge is 0.481 e. The Labute approximate surface area is 201 Å². The van der Waals surface area contributed by atoms with Crippen LogP contribution in [0.15, 0.2) is 30.3 Å². The Balaban J connectivity index is 2.84. The van der Waals surface area contributed by atoms with E-state index in [0.29, 0.717) is 11.3 Å². The van der Waals surface area contributed by atoms with Gasteiger partial charge < -0.3 is 26.6 Å². The van der Waals surface area contributed by atoms with Crippen molar-refractivity contribution in [3.05, 3.63) is 30.3 Å². The van der Waals surface area contributed by atoms with Crippen LogP contribution in [0.2, 0.25) is 0 Å². The van der Waals surface area contributed by atoms with E-state index in [1.165, 1.54) is 24.3 Å². The summed E-state index contributed by atoms with van der Waals surface area (Å²) in [5.74, 6) is -6.94. The van der Waals surface area contributed by atoms with Crippen LogP contribution in [0, 0.1) is 0 Å². The number of ketones is 1. The van der Waals surface area contributed by atoms with Crippen molar-refractivity contribution >= 4 is 41.3 Å². The number of aliphatic carboxylic acids is 2. The molecular formula is C22H29N5O8. The number of anilines is 1. The summed E-state index contributed by atoms with van der Waals surface area (Å²) in [6.07, 6.45) is -0.451. The number of carbonyl (C=O) groups excluding carboxylic acids is 4. The highest BCUT2D eigenvalue weighted by atomic mass is 16.4. The Morgan fingerprint density at radius 3 is 2.20 bits per heavy atom. The summed E-state index contributed by atoms with van der Waals surface area (Å²) in [5, 5.41) is 19.5. The summed E-state index contributed by atoms with van der Waals surface area (Å²) in [4.78, 5) is 79.4. The van der Waals surface area contributed by atoms with Gasteiger partial charge in [0.2, 0.25) is 5.91 Å². The lowest BCUT2D eigenvalue weighted by Crippen LogP contribution is -2.74. The fourth-order valence-electron chi connectivity index (χ4n) is 4.13. The monoisotopic (exact) mass is 491 g/mol. The second kappa shape index (κ2) is 11.1. The molecule has 1 fully saturated rings. The van der Waals surface area contributed by atoms with E-state index in [2.05, 4.69) is 0 Å². The summed E-state index contributed by atoms with van der Waals surface area (Å²) in [5.41, 5.74) is 7.98. The first kappa shape index (κ1) is 27.4. The molecule has 0 saturated carbocycles. The molecular weight excluding hydrogens is 462 g/mol. The average molecular weight is 492 g/mol. The van der Waals surface area contributed by atoms with Gasteiger partial charge in [-0.1, -0.05) is 18.2 Å². The number of carbonyl (C=O) groups is 6. The molecule has 35 heavy (non-hydrogen) atoms. The zero-order valence-corrected chi connectivity index (χ0v) is 19.4. The van der Waals surface area contributed by atoms with Crippen molar-refractivity contribution in [2.45, 2.75) is 50.9 Å². The highest BCUT2D eigenvalue weighted by Crippen LogP contribution is 2.36. The molecule has 0 unspecified atom stereocenters. The molecule has 1 aliphatic rings. The molecule has 6 N–H and O–H groups in total. The summed E-state index contributed by atoms with van der Waals surface area (Å²) < 4.78 is 0.